The van der Waals surface area contributed by atoms with Crippen molar-refractivity contribution in [3.8, 4) is 5.75 Å². The Morgan fingerprint density at radius 3 is 2.65 bits per heavy atom. The van der Waals surface area contributed by atoms with E-state index in [0.29, 0.717) is 24.3 Å². The molecule has 1 aromatic carbocycles. The molecule has 2 rings (SSSR count). The minimum absolute atomic E-state index is 0.281. The Morgan fingerprint density at radius 1 is 1.41 bits per heavy atom. The van der Waals surface area contributed by atoms with Crippen molar-refractivity contribution in [1.82, 2.24) is 5.32 Å². The van der Waals surface area contributed by atoms with Crippen molar-refractivity contribution in [2.24, 2.45) is 0 Å². The zero-order chi connectivity index (χ0) is 12.3. The van der Waals surface area contributed by atoms with Gasteiger partial charge in [-0.05, 0) is 24.3 Å². The van der Waals surface area contributed by atoms with E-state index in [1.165, 1.54) is 0 Å². The Morgan fingerprint density at radius 2 is 2.12 bits per heavy atom. The fraction of sp³-hybridized carbons (Fsp3) is 0.333. The second-order valence-electron chi connectivity index (χ2n) is 3.71. The number of esters is 1. The van der Waals surface area contributed by atoms with Crippen LogP contribution < -0.4 is 10.1 Å². The van der Waals surface area contributed by atoms with Crippen LogP contribution in [-0.4, -0.2) is 31.6 Å². The summed E-state index contributed by atoms with van der Waals surface area (Å²) in [6.07, 6.45) is 0.529. The number of benzene rings is 1. The van der Waals surface area contributed by atoms with Gasteiger partial charge in [-0.25, -0.2) is 4.79 Å². The smallest absolute Gasteiger partial charge is 0.328 e. The van der Waals surface area contributed by atoms with Crippen LogP contribution in [0.3, 0.4) is 0 Å². The van der Waals surface area contributed by atoms with Crippen LogP contribution in [0.2, 0.25) is 0 Å². The second-order valence-corrected chi connectivity index (χ2v) is 3.71. The summed E-state index contributed by atoms with van der Waals surface area (Å²) < 4.78 is 9.76. The highest BCUT2D eigenvalue weighted by molar-refractivity contribution is 5.97. The summed E-state index contributed by atoms with van der Waals surface area (Å²) in [5.74, 6) is 0.0326. The van der Waals surface area contributed by atoms with Gasteiger partial charge in [-0.15, -0.1) is 0 Å². The zero-order valence-electron chi connectivity index (χ0n) is 9.43. The summed E-state index contributed by atoms with van der Waals surface area (Å²) in [6.45, 7) is 0.367. The van der Waals surface area contributed by atoms with Crippen molar-refractivity contribution in [1.29, 1.82) is 0 Å². The number of nitrogens with one attached hydrogen (secondary N) is 1. The molecular weight excluding hydrogens is 222 g/mol. The third kappa shape index (κ3) is 2.55. The summed E-state index contributed by atoms with van der Waals surface area (Å²) in [5, 5.41) is 2.63. The van der Waals surface area contributed by atoms with Crippen LogP contribution in [0.25, 0.3) is 0 Å². The van der Waals surface area contributed by atoms with Crippen molar-refractivity contribution < 1.29 is 19.1 Å². The molecule has 1 atom stereocenters. The van der Waals surface area contributed by atoms with Gasteiger partial charge in [-0.1, -0.05) is 0 Å². The first-order valence-corrected chi connectivity index (χ1v) is 5.32. The third-order valence-electron chi connectivity index (χ3n) is 2.59. The zero-order valence-corrected chi connectivity index (χ0v) is 9.43. The van der Waals surface area contributed by atoms with E-state index in [2.05, 4.69) is 5.32 Å². The highest BCUT2D eigenvalue weighted by atomic mass is 16.5. The third-order valence-corrected chi connectivity index (χ3v) is 2.59. The average Bonchev–Trinajstić information content (AvgIpc) is 2.75. The van der Waals surface area contributed by atoms with Crippen LogP contribution in [-0.2, 0) is 9.53 Å². The maximum absolute atomic E-state index is 11.8. The van der Waals surface area contributed by atoms with E-state index < -0.39 is 6.04 Å². The first-order valence-electron chi connectivity index (χ1n) is 5.32. The minimum atomic E-state index is -0.524. The van der Waals surface area contributed by atoms with Crippen molar-refractivity contribution in [2.45, 2.75) is 12.5 Å². The van der Waals surface area contributed by atoms with E-state index in [-0.39, 0.29) is 11.9 Å². The summed E-state index contributed by atoms with van der Waals surface area (Å²) >= 11 is 0. The average molecular weight is 235 g/mol. The molecule has 1 aromatic rings. The largest absolute Gasteiger partial charge is 0.497 e. The van der Waals surface area contributed by atoms with Crippen molar-refractivity contribution >= 4 is 11.9 Å². The molecule has 5 heteroatoms. The van der Waals surface area contributed by atoms with Gasteiger partial charge in [0.2, 0.25) is 0 Å². The van der Waals surface area contributed by atoms with Crippen LogP contribution in [0.1, 0.15) is 16.8 Å². The molecular formula is C12H13NO4. The highest BCUT2D eigenvalue weighted by Gasteiger charge is 2.28. The molecule has 0 bridgehead atoms. The molecule has 1 heterocycles. The lowest BCUT2D eigenvalue weighted by molar-refractivity contribution is -0.139. The molecule has 5 nitrogen and oxygen atoms in total. The molecule has 17 heavy (non-hydrogen) atoms. The van der Waals surface area contributed by atoms with Gasteiger partial charge in [0.1, 0.15) is 11.8 Å². The van der Waals surface area contributed by atoms with Gasteiger partial charge in [0.05, 0.1) is 13.7 Å². The predicted molar refractivity (Wildman–Crippen MR) is 59.8 cm³/mol. The Hall–Kier alpha value is -2.04. The molecule has 0 aromatic heterocycles. The fourth-order valence-electron chi connectivity index (χ4n) is 1.61. The molecule has 1 N–H and O–H groups in total. The Kier molecular flexibility index (Phi) is 3.27. The van der Waals surface area contributed by atoms with Gasteiger partial charge in [0.25, 0.3) is 5.91 Å². The Labute approximate surface area is 98.7 Å². The molecule has 90 valence electrons. The molecule has 1 fully saturated rings. The monoisotopic (exact) mass is 235 g/mol. The molecule has 1 amide bonds. The van der Waals surface area contributed by atoms with E-state index >= 15 is 0 Å². The molecule has 1 saturated heterocycles. The first kappa shape index (κ1) is 11.4. The van der Waals surface area contributed by atoms with Gasteiger partial charge in [-0.3, -0.25) is 4.79 Å². The van der Waals surface area contributed by atoms with E-state index in [1.807, 2.05) is 0 Å². The molecule has 0 unspecified atom stereocenters. The molecule has 0 saturated carbocycles. The minimum Gasteiger partial charge on any atom is -0.497 e. The van der Waals surface area contributed by atoms with E-state index in [4.69, 9.17) is 9.47 Å². The molecule has 0 aliphatic carbocycles. The number of cyclic esters (lactones) is 1. The number of rotatable bonds is 3. The fourth-order valence-corrected chi connectivity index (χ4v) is 1.61. The van der Waals surface area contributed by atoms with Crippen LogP contribution in [0.15, 0.2) is 24.3 Å². The Bertz CT molecular complexity index is 427. The maximum atomic E-state index is 11.8. The summed E-state index contributed by atoms with van der Waals surface area (Å²) in [4.78, 5) is 23.0. The number of carbonyl (C=O) groups is 2. The quantitative estimate of drug-likeness (QED) is 0.785. The number of methoxy groups -OCH3 is 1. The normalized spacial score (nSPS) is 18.6. The molecule has 1 aliphatic rings. The van der Waals surface area contributed by atoms with Crippen molar-refractivity contribution in [3.05, 3.63) is 29.8 Å². The number of hydrogen-bond acceptors (Lipinski definition) is 4. The SMILES string of the molecule is COc1ccc(C(=O)N[C@H]2CCOC2=O)cc1. The molecule has 1 aliphatic heterocycles. The van der Waals surface area contributed by atoms with E-state index in [0.717, 1.165) is 0 Å². The number of ether oxygens (including phenoxy) is 2. The molecule has 0 spiro atoms. The van der Waals surface area contributed by atoms with Gasteiger partial charge in [0, 0.05) is 12.0 Å². The first-order chi connectivity index (χ1) is 8.20. The summed E-state index contributed by atoms with van der Waals surface area (Å²) in [7, 11) is 1.56. The van der Waals surface area contributed by atoms with Crippen molar-refractivity contribution in [3.63, 3.8) is 0 Å². The van der Waals surface area contributed by atoms with Crippen LogP contribution in [0.5, 0.6) is 5.75 Å². The topological polar surface area (TPSA) is 64.6 Å². The Balaban J connectivity index is 2.01. The number of carbonyl (C=O) groups excluding carboxylic acids is 2. The summed E-state index contributed by atoms with van der Waals surface area (Å²) in [6, 6.07) is 6.16. The van der Waals surface area contributed by atoms with Crippen molar-refractivity contribution in [2.75, 3.05) is 13.7 Å². The van der Waals surface area contributed by atoms with Crippen LogP contribution >= 0.6 is 0 Å². The maximum Gasteiger partial charge on any atom is 0.328 e. The summed E-state index contributed by atoms with van der Waals surface area (Å²) in [5.41, 5.74) is 0.491. The van der Waals surface area contributed by atoms with Gasteiger partial charge < -0.3 is 14.8 Å². The number of amides is 1. The van der Waals surface area contributed by atoms with Crippen LogP contribution in [0, 0.1) is 0 Å². The second kappa shape index (κ2) is 4.86. The lowest BCUT2D eigenvalue weighted by Gasteiger charge is -2.09. The van der Waals surface area contributed by atoms with E-state index in [1.54, 1.807) is 31.4 Å². The lowest BCUT2D eigenvalue weighted by atomic mass is 10.2. The van der Waals surface area contributed by atoms with Gasteiger partial charge in [-0.2, -0.15) is 0 Å². The predicted octanol–water partition coefficient (Wildman–Crippen LogP) is 0.740. The van der Waals surface area contributed by atoms with E-state index in [9.17, 15) is 9.59 Å². The standard InChI is InChI=1S/C12H13NO4/c1-16-9-4-2-8(3-5-9)11(14)13-10-6-7-17-12(10)15/h2-5,10H,6-7H2,1H3,(H,13,14)/t10-/m0/s1. The van der Waals surface area contributed by atoms with Gasteiger partial charge >= 0.3 is 5.97 Å². The lowest BCUT2D eigenvalue weighted by Crippen LogP contribution is -2.37. The number of hydrogen-bond donors (Lipinski definition) is 1. The highest BCUT2D eigenvalue weighted by Crippen LogP contribution is 2.12. The van der Waals surface area contributed by atoms with Crippen LogP contribution in [0.4, 0.5) is 0 Å². The van der Waals surface area contributed by atoms with Gasteiger partial charge in [0.15, 0.2) is 0 Å². The molecule has 0 radical (unpaired) electrons.